The normalized spacial score (nSPS) is 11.0. The molecule has 8 nitrogen and oxygen atoms in total. The monoisotopic (exact) mass is 452 g/mol. The first-order valence-corrected chi connectivity index (χ1v) is 11.0. The fraction of sp³-hybridized carbons (Fsp3) is 0.227. The van der Waals surface area contributed by atoms with Gasteiger partial charge in [0, 0.05) is 18.3 Å². The Morgan fingerprint density at radius 2 is 1.97 bits per heavy atom. The Kier molecular flexibility index (Phi) is 6.31. The molecule has 2 aromatic heterocycles. The predicted molar refractivity (Wildman–Crippen MR) is 120 cm³/mol. The number of hydrogen-bond donors (Lipinski definition) is 1. The molecule has 1 amide bonds. The lowest BCUT2D eigenvalue weighted by molar-refractivity contribution is -0.113. The van der Waals surface area contributed by atoms with Crippen molar-refractivity contribution in [1.82, 2.24) is 24.9 Å². The number of aromatic nitrogens is 5. The quantitative estimate of drug-likeness (QED) is 0.418. The van der Waals surface area contributed by atoms with E-state index in [2.05, 4.69) is 32.6 Å². The number of carbonyl (C=O) groups excluding carboxylic acids is 1. The summed E-state index contributed by atoms with van der Waals surface area (Å²) in [5, 5.41) is 15.7. The van der Waals surface area contributed by atoms with Gasteiger partial charge >= 0.3 is 0 Å². The summed E-state index contributed by atoms with van der Waals surface area (Å²) in [4.78, 5) is 16.8. The van der Waals surface area contributed by atoms with Crippen molar-refractivity contribution < 1.29 is 13.7 Å². The van der Waals surface area contributed by atoms with E-state index in [0.717, 1.165) is 23.2 Å². The molecule has 0 saturated heterocycles. The Balaban J connectivity index is 1.44. The number of aryl methyl sites for hydroxylation is 2. The average Bonchev–Trinajstić information content (AvgIpc) is 3.41. The van der Waals surface area contributed by atoms with E-state index in [1.165, 1.54) is 23.9 Å². The van der Waals surface area contributed by atoms with Crippen LogP contribution in [0.1, 0.15) is 18.1 Å². The molecule has 32 heavy (non-hydrogen) atoms. The average molecular weight is 453 g/mol. The van der Waals surface area contributed by atoms with Gasteiger partial charge in [0.1, 0.15) is 5.82 Å². The summed E-state index contributed by atoms with van der Waals surface area (Å²) < 4.78 is 20.1. The van der Waals surface area contributed by atoms with Crippen molar-refractivity contribution in [3.63, 3.8) is 0 Å². The van der Waals surface area contributed by atoms with Crippen molar-refractivity contribution in [2.45, 2.75) is 25.4 Å². The molecule has 1 N–H and O–H groups in total. The first-order valence-electron chi connectivity index (χ1n) is 9.96. The number of carbonyl (C=O) groups is 1. The minimum absolute atomic E-state index is 0.125. The Morgan fingerprint density at radius 3 is 2.72 bits per heavy atom. The number of hydrogen-bond acceptors (Lipinski definition) is 7. The molecular formula is C22H21FN6O2S. The second-order valence-electron chi connectivity index (χ2n) is 7.09. The second-order valence-corrected chi connectivity index (χ2v) is 8.04. The van der Waals surface area contributed by atoms with Gasteiger partial charge in [-0.3, -0.25) is 4.79 Å². The lowest BCUT2D eigenvalue weighted by atomic mass is 10.1. The van der Waals surface area contributed by atoms with Gasteiger partial charge in [-0.25, -0.2) is 4.39 Å². The number of benzene rings is 2. The van der Waals surface area contributed by atoms with Crippen LogP contribution in [0.25, 0.3) is 23.1 Å². The highest BCUT2D eigenvalue weighted by Gasteiger charge is 2.19. The predicted octanol–water partition coefficient (Wildman–Crippen LogP) is 4.27. The molecule has 164 valence electrons. The van der Waals surface area contributed by atoms with Crippen molar-refractivity contribution in [2.75, 3.05) is 11.1 Å². The maximum Gasteiger partial charge on any atom is 0.296 e. The molecule has 10 heteroatoms. The molecule has 0 atom stereocenters. The first kappa shape index (κ1) is 21.7. The molecule has 0 aliphatic heterocycles. The molecule has 0 aliphatic rings. The number of nitrogens with one attached hydrogen (secondary N) is 1. The van der Waals surface area contributed by atoms with Crippen LogP contribution < -0.4 is 5.32 Å². The van der Waals surface area contributed by atoms with Crippen LogP contribution in [0, 0.1) is 12.7 Å². The molecule has 0 aliphatic carbocycles. The number of halogens is 1. The standard InChI is InChI=1S/C22H21FN6O2S/c1-4-14-7-5-6-13(2)18(14)24-17(30)12-32-22-27-26-20(29(22)3)21-25-19(28-31-21)15-8-10-16(23)11-9-15/h5-11H,4,12H2,1-3H3,(H,24,30). The number of para-hydroxylation sites is 1. The number of thioether (sulfide) groups is 1. The smallest absolute Gasteiger partial charge is 0.296 e. The fourth-order valence-electron chi connectivity index (χ4n) is 3.16. The van der Waals surface area contributed by atoms with Gasteiger partial charge in [-0.2, -0.15) is 4.98 Å². The molecule has 2 aromatic carbocycles. The Bertz CT molecular complexity index is 1250. The SMILES string of the molecule is CCc1cccc(C)c1NC(=O)CSc1nnc(-c2nc(-c3ccc(F)cc3)no2)n1C. The van der Waals surface area contributed by atoms with Crippen molar-refractivity contribution in [3.05, 3.63) is 59.4 Å². The van der Waals surface area contributed by atoms with Crippen LogP contribution in [-0.2, 0) is 18.3 Å². The van der Waals surface area contributed by atoms with E-state index in [1.807, 2.05) is 25.1 Å². The molecule has 2 heterocycles. The third-order valence-electron chi connectivity index (χ3n) is 4.89. The lowest BCUT2D eigenvalue weighted by Crippen LogP contribution is -2.16. The summed E-state index contributed by atoms with van der Waals surface area (Å²) in [6.07, 6.45) is 0.834. The van der Waals surface area contributed by atoms with E-state index in [1.54, 1.807) is 23.7 Å². The van der Waals surface area contributed by atoms with Gasteiger partial charge in [-0.15, -0.1) is 10.2 Å². The summed E-state index contributed by atoms with van der Waals surface area (Å²) in [5.41, 5.74) is 3.60. The number of amides is 1. The van der Waals surface area contributed by atoms with Crippen LogP contribution >= 0.6 is 11.8 Å². The summed E-state index contributed by atoms with van der Waals surface area (Å²) >= 11 is 1.26. The van der Waals surface area contributed by atoms with Crippen molar-refractivity contribution in [1.29, 1.82) is 0 Å². The van der Waals surface area contributed by atoms with Gasteiger partial charge in [0.05, 0.1) is 5.75 Å². The highest BCUT2D eigenvalue weighted by molar-refractivity contribution is 7.99. The molecule has 4 aromatic rings. The number of anilines is 1. The Morgan fingerprint density at radius 1 is 1.19 bits per heavy atom. The highest BCUT2D eigenvalue weighted by atomic mass is 32.2. The maximum absolute atomic E-state index is 13.1. The largest absolute Gasteiger partial charge is 0.330 e. The zero-order valence-corrected chi connectivity index (χ0v) is 18.6. The van der Waals surface area contributed by atoms with Crippen LogP contribution in [0.2, 0.25) is 0 Å². The van der Waals surface area contributed by atoms with Gasteiger partial charge in [0.15, 0.2) is 5.16 Å². The first-order chi connectivity index (χ1) is 15.5. The van der Waals surface area contributed by atoms with Gasteiger partial charge in [-0.05, 0) is 48.7 Å². The molecule has 0 unspecified atom stereocenters. The summed E-state index contributed by atoms with van der Waals surface area (Å²) in [6, 6.07) is 11.8. The zero-order chi connectivity index (χ0) is 22.7. The van der Waals surface area contributed by atoms with Crippen LogP contribution in [0.3, 0.4) is 0 Å². The van der Waals surface area contributed by atoms with E-state index < -0.39 is 0 Å². The van der Waals surface area contributed by atoms with Gasteiger partial charge in [0.2, 0.25) is 17.6 Å². The van der Waals surface area contributed by atoms with Crippen LogP contribution in [-0.4, -0.2) is 36.6 Å². The molecule has 0 saturated carbocycles. The lowest BCUT2D eigenvalue weighted by Gasteiger charge is -2.12. The molecule has 4 rings (SSSR count). The minimum atomic E-state index is -0.343. The van der Waals surface area contributed by atoms with Gasteiger partial charge < -0.3 is 14.4 Å². The highest BCUT2D eigenvalue weighted by Crippen LogP contribution is 2.25. The minimum Gasteiger partial charge on any atom is -0.330 e. The van der Waals surface area contributed by atoms with Crippen molar-refractivity contribution in [2.24, 2.45) is 7.05 Å². The summed E-state index contributed by atoms with van der Waals surface area (Å²) in [6.45, 7) is 4.03. The van der Waals surface area contributed by atoms with E-state index in [9.17, 15) is 9.18 Å². The van der Waals surface area contributed by atoms with Gasteiger partial charge in [-0.1, -0.05) is 42.0 Å². The summed E-state index contributed by atoms with van der Waals surface area (Å²) in [5.74, 6) is 0.587. The van der Waals surface area contributed by atoms with Gasteiger partial charge in [0.25, 0.3) is 5.89 Å². The second kappa shape index (κ2) is 9.31. The van der Waals surface area contributed by atoms with E-state index in [4.69, 9.17) is 4.52 Å². The van der Waals surface area contributed by atoms with E-state index in [0.29, 0.717) is 22.4 Å². The van der Waals surface area contributed by atoms with E-state index >= 15 is 0 Å². The van der Waals surface area contributed by atoms with E-state index in [-0.39, 0.29) is 23.4 Å². The molecule has 0 spiro atoms. The maximum atomic E-state index is 13.1. The molecule has 0 bridgehead atoms. The molecule has 0 fully saturated rings. The van der Waals surface area contributed by atoms with Crippen LogP contribution in [0.15, 0.2) is 52.1 Å². The third kappa shape index (κ3) is 4.54. The fourth-order valence-corrected chi connectivity index (χ4v) is 3.88. The number of rotatable bonds is 7. The Hall–Kier alpha value is -3.53. The summed E-state index contributed by atoms with van der Waals surface area (Å²) in [7, 11) is 1.76. The third-order valence-corrected chi connectivity index (χ3v) is 5.91. The zero-order valence-electron chi connectivity index (χ0n) is 17.8. The topological polar surface area (TPSA) is 98.7 Å². The van der Waals surface area contributed by atoms with Crippen molar-refractivity contribution in [3.8, 4) is 23.1 Å². The van der Waals surface area contributed by atoms with Crippen LogP contribution in [0.4, 0.5) is 10.1 Å². The van der Waals surface area contributed by atoms with Crippen molar-refractivity contribution >= 4 is 23.4 Å². The molecular weight excluding hydrogens is 431 g/mol. The Labute approximate surface area is 188 Å². The molecule has 0 radical (unpaired) electrons. The number of nitrogens with zero attached hydrogens (tertiary/aromatic N) is 5. The van der Waals surface area contributed by atoms with Crippen LogP contribution in [0.5, 0.6) is 0 Å².